The van der Waals surface area contributed by atoms with Gasteiger partial charge in [0.05, 0.1) is 0 Å². The zero-order valence-electron chi connectivity index (χ0n) is 7.78. The number of Topliss-reactive ketones (excluding diaryl/α,β-unsaturated/α-hetero) is 1. The average Bonchev–Trinajstić information content (AvgIpc) is 2.01. The van der Waals surface area contributed by atoms with Gasteiger partial charge in [-0.25, -0.2) is 8.78 Å². The third-order valence-electron chi connectivity index (χ3n) is 2.43. The van der Waals surface area contributed by atoms with E-state index in [-0.39, 0.29) is 18.6 Å². The van der Waals surface area contributed by atoms with Gasteiger partial charge in [-0.15, -0.1) is 0 Å². The summed E-state index contributed by atoms with van der Waals surface area (Å²) in [4.78, 5) is 11.4. The summed E-state index contributed by atoms with van der Waals surface area (Å²) >= 11 is 0. The minimum atomic E-state index is -2.64. The van der Waals surface area contributed by atoms with Crippen LogP contribution in [0.1, 0.15) is 32.6 Å². The predicted octanol–water partition coefficient (Wildman–Crippen LogP) is 2.96. The molecule has 1 aliphatic carbocycles. The Labute approximate surface area is 76.8 Å². The Hall–Kier alpha value is -0.730. The number of rotatable bonds is 2. The monoisotopic (exact) mass is 188 g/mol. The Bertz CT molecular complexity index is 233. The van der Waals surface area contributed by atoms with Gasteiger partial charge in [0.15, 0.2) is 5.78 Å². The molecule has 1 saturated carbocycles. The van der Waals surface area contributed by atoms with Crippen molar-refractivity contribution < 1.29 is 13.6 Å². The van der Waals surface area contributed by atoms with Gasteiger partial charge >= 0.3 is 0 Å². The van der Waals surface area contributed by atoms with Gasteiger partial charge in [-0.2, -0.15) is 0 Å². The number of hydrogen-bond acceptors (Lipinski definition) is 1. The smallest absolute Gasteiger partial charge is 0.248 e. The van der Waals surface area contributed by atoms with Crippen LogP contribution in [0.5, 0.6) is 0 Å². The van der Waals surface area contributed by atoms with Gasteiger partial charge in [-0.1, -0.05) is 6.58 Å². The molecule has 3 heteroatoms. The van der Waals surface area contributed by atoms with E-state index >= 15 is 0 Å². The van der Waals surface area contributed by atoms with Crippen molar-refractivity contribution in [3.8, 4) is 0 Å². The molecule has 0 amide bonds. The van der Waals surface area contributed by atoms with Gasteiger partial charge in [-0.05, 0) is 25.3 Å². The van der Waals surface area contributed by atoms with Crippen LogP contribution in [-0.4, -0.2) is 11.7 Å². The number of carbonyl (C=O) groups excluding carboxylic acids is 1. The first-order chi connectivity index (χ1) is 5.92. The van der Waals surface area contributed by atoms with Crippen LogP contribution < -0.4 is 0 Å². The largest absolute Gasteiger partial charge is 0.294 e. The number of alkyl halides is 2. The van der Waals surface area contributed by atoms with Crippen LogP contribution in [0.2, 0.25) is 0 Å². The molecule has 0 spiro atoms. The second-order valence-corrected chi connectivity index (χ2v) is 3.79. The van der Waals surface area contributed by atoms with Gasteiger partial charge in [0, 0.05) is 18.8 Å². The molecule has 13 heavy (non-hydrogen) atoms. The maximum Gasteiger partial charge on any atom is 0.248 e. The molecule has 0 N–H and O–H groups in total. The number of carbonyl (C=O) groups is 1. The standard InChI is InChI=1S/C10H14F2O/c1-7(2)9(13)8-4-3-5-10(11,12)6-8/h8H,1,3-6H2,2H3. The lowest BCUT2D eigenvalue weighted by atomic mass is 9.82. The molecule has 1 fully saturated rings. The van der Waals surface area contributed by atoms with Crippen molar-refractivity contribution in [1.82, 2.24) is 0 Å². The van der Waals surface area contributed by atoms with E-state index in [4.69, 9.17) is 0 Å². The van der Waals surface area contributed by atoms with Gasteiger partial charge in [-0.3, -0.25) is 4.79 Å². The SMILES string of the molecule is C=C(C)C(=O)C1CCCC(F)(F)C1. The van der Waals surface area contributed by atoms with Crippen molar-refractivity contribution in [2.24, 2.45) is 5.92 Å². The number of ketones is 1. The van der Waals surface area contributed by atoms with E-state index in [0.717, 1.165) is 0 Å². The molecule has 1 atom stereocenters. The van der Waals surface area contributed by atoms with Crippen LogP contribution in [0.4, 0.5) is 8.78 Å². The topological polar surface area (TPSA) is 17.1 Å². The second kappa shape index (κ2) is 3.56. The highest BCUT2D eigenvalue weighted by Crippen LogP contribution is 2.37. The van der Waals surface area contributed by atoms with Crippen LogP contribution in [0, 0.1) is 5.92 Å². The summed E-state index contributed by atoms with van der Waals surface area (Å²) in [6.45, 7) is 5.06. The minimum Gasteiger partial charge on any atom is -0.294 e. The Morgan fingerprint density at radius 2 is 2.15 bits per heavy atom. The first kappa shape index (κ1) is 10.4. The molecular weight excluding hydrogens is 174 g/mol. The normalized spacial score (nSPS) is 26.8. The lowest BCUT2D eigenvalue weighted by molar-refractivity contribution is -0.126. The van der Waals surface area contributed by atoms with Crippen LogP contribution in [-0.2, 0) is 4.79 Å². The summed E-state index contributed by atoms with van der Waals surface area (Å²) < 4.78 is 25.8. The number of hydrogen-bond donors (Lipinski definition) is 0. The van der Waals surface area contributed by atoms with E-state index in [2.05, 4.69) is 6.58 Å². The maximum atomic E-state index is 12.9. The van der Waals surface area contributed by atoms with Crippen molar-refractivity contribution >= 4 is 5.78 Å². The van der Waals surface area contributed by atoms with E-state index in [0.29, 0.717) is 18.4 Å². The summed E-state index contributed by atoms with van der Waals surface area (Å²) in [5.41, 5.74) is 0.391. The van der Waals surface area contributed by atoms with Crippen molar-refractivity contribution in [2.75, 3.05) is 0 Å². The highest BCUT2D eigenvalue weighted by molar-refractivity contribution is 5.96. The molecule has 0 aliphatic heterocycles. The molecule has 0 bridgehead atoms. The Kier molecular flexibility index (Phi) is 2.84. The van der Waals surface area contributed by atoms with Crippen LogP contribution >= 0.6 is 0 Å². The fraction of sp³-hybridized carbons (Fsp3) is 0.700. The first-order valence-corrected chi connectivity index (χ1v) is 4.50. The zero-order valence-corrected chi connectivity index (χ0v) is 7.78. The van der Waals surface area contributed by atoms with E-state index in [1.807, 2.05) is 0 Å². The minimum absolute atomic E-state index is 0.0764. The Balaban J connectivity index is 2.62. The van der Waals surface area contributed by atoms with Crippen molar-refractivity contribution in [3.05, 3.63) is 12.2 Å². The molecular formula is C10H14F2O. The van der Waals surface area contributed by atoms with Crippen LogP contribution in [0.3, 0.4) is 0 Å². The molecule has 1 rings (SSSR count). The van der Waals surface area contributed by atoms with Gasteiger partial charge in [0.1, 0.15) is 0 Å². The molecule has 0 aromatic heterocycles. The summed E-state index contributed by atoms with van der Waals surface area (Å²) in [6.07, 6.45) is 0.656. The van der Waals surface area contributed by atoms with Crippen molar-refractivity contribution in [2.45, 2.75) is 38.5 Å². The van der Waals surface area contributed by atoms with E-state index in [1.165, 1.54) is 0 Å². The van der Waals surface area contributed by atoms with Gasteiger partial charge in [0.25, 0.3) is 0 Å². The van der Waals surface area contributed by atoms with Crippen molar-refractivity contribution in [3.63, 3.8) is 0 Å². The molecule has 1 unspecified atom stereocenters. The zero-order chi connectivity index (χ0) is 10.1. The lowest BCUT2D eigenvalue weighted by Crippen LogP contribution is -2.30. The molecule has 0 saturated heterocycles. The second-order valence-electron chi connectivity index (χ2n) is 3.79. The molecule has 0 heterocycles. The third kappa shape index (κ3) is 2.61. The number of allylic oxidation sites excluding steroid dienone is 1. The molecule has 1 aliphatic rings. The van der Waals surface area contributed by atoms with Crippen LogP contribution in [0.15, 0.2) is 12.2 Å². The lowest BCUT2D eigenvalue weighted by Gasteiger charge is -2.27. The number of halogens is 2. The Morgan fingerprint density at radius 1 is 1.54 bits per heavy atom. The quantitative estimate of drug-likeness (QED) is 0.609. The fourth-order valence-electron chi connectivity index (χ4n) is 1.74. The molecule has 0 radical (unpaired) electrons. The third-order valence-corrected chi connectivity index (χ3v) is 2.43. The molecule has 0 aromatic carbocycles. The highest BCUT2D eigenvalue weighted by Gasteiger charge is 2.38. The summed E-state index contributed by atoms with van der Waals surface area (Å²) in [6, 6.07) is 0. The highest BCUT2D eigenvalue weighted by atomic mass is 19.3. The van der Waals surface area contributed by atoms with Gasteiger partial charge in [0.2, 0.25) is 5.92 Å². The maximum absolute atomic E-state index is 12.9. The predicted molar refractivity (Wildman–Crippen MR) is 46.7 cm³/mol. The first-order valence-electron chi connectivity index (χ1n) is 4.50. The van der Waals surface area contributed by atoms with E-state index < -0.39 is 11.8 Å². The summed E-state index contributed by atoms with van der Waals surface area (Å²) in [5.74, 6) is -3.34. The van der Waals surface area contributed by atoms with E-state index in [9.17, 15) is 13.6 Å². The van der Waals surface area contributed by atoms with Crippen molar-refractivity contribution in [1.29, 1.82) is 0 Å². The van der Waals surface area contributed by atoms with E-state index in [1.54, 1.807) is 6.92 Å². The van der Waals surface area contributed by atoms with Crippen LogP contribution in [0.25, 0.3) is 0 Å². The molecule has 1 nitrogen and oxygen atoms in total. The average molecular weight is 188 g/mol. The Morgan fingerprint density at radius 3 is 2.62 bits per heavy atom. The molecule has 74 valence electrons. The molecule has 0 aromatic rings. The summed E-state index contributed by atoms with van der Waals surface area (Å²) in [7, 11) is 0. The van der Waals surface area contributed by atoms with Gasteiger partial charge < -0.3 is 0 Å². The fourth-order valence-corrected chi connectivity index (χ4v) is 1.74. The summed E-state index contributed by atoms with van der Waals surface area (Å²) in [5, 5.41) is 0.